The summed E-state index contributed by atoms with van der Waals surface area (Å²) in [6.45, 7) is 11.2. The monoisotopic (exact) mass is 546 g/mol. The fourth-order valence-electron chi connectivity index (χ4n) is 3.33. The summed E-state index contributed by atoms with van der Waals surface area (Å²) in [6.07, 6.45) is 14.3. The maximum absolute atomic E-state index is 12.2. The third-order valence-corrected chi connectivity index (χ3v) is 7.94. The van der Waals surface area contributed by atoms with Gasteiger partial charge in [0.15, 0.2) is 0 Å². The molecule has 0 bridgehead atoms. The highest BCUT2D eigenvalue weighted by atomic mass is 32.2. The predicted molar refractivity (Wildman–Crippen MR) is 161 cm³/mol. The van der Waals surface area contributed by atoms with Gasteiger partial charge in [0.25, 0.3) is 0 Å². The van der Waals surface area contributed by atoms with Crippen LogP contribution in [0, 0.1) is 10.8 Å². The first kappa shape index (κ1) is 33.1. The van der Waals surface area contributed by atoms with Gasteiger partial charge < -0.3 is 9.47 Å². The SMILES string of the molecule is C\C=C/C=C\C=C\COC(=O)CC(C)(C)CCSCCSCCC(C)(C)CC(=O)OCc1ccccc1. The Morgan fingerprint density at radius 3 is 1.86 bits per heavy atom. The molecule has 0 amide bonds. The summed E-state index contributed by atoms with van der Waals surface area (Å²) in [5.74, 6) is 3.99. The molecular formula is C31H46O4S2. The molecule has 0 radical (unpaired) electrons. The molecule has 206 valence electrons. The van der Waals surface area contributed by atoms with Crippen LogP contribution in [0.4, 0.5) is 0 Å². The van der Waals surface area contributed by atoms with E-state index in [4.69, 9.17) is 9.47 Å². The molecule has 0 aliphatic heterocycles. The third-order valence-electron chi connectivity index (χ3n) is 5.71. The Morgan fingerprint density at radius 2 is 1.30 bits per heavy atom. The highest BCUT2D eigenvalue weighted by molar-refractivity contribution is 8.02. The zero-order valence-corrected chi connectivity index (χ0v) is 25.0. The van der Waals surface area contributed by atoms with Gasteiger partial charge in [-0.3, -0.25) is 9.59 Å². The van der Waals surface area contributed by atoms with Crippen LogP contribution in [-0.4, -0.2) is 41.6 Å². The summed E-state index contributed by atoms with van der Waals surface area (Å²) >= 11 is 3.88. The summed E-state index contributed by atoms with van der Waals surface area (Å²) in [5, 5.41) is 0. The van der Waals surface area contributed by atoms with Gasteiger partial charge in [-0.05, 0) is 53.7 Å². The summed E-state index contributed by atoms with van der Waals surface area (Å²) in [4.78, 5) is 24.4. The van der Waals surface area contributed by atoms with Crippen LogP contribution < -0.4 is 0 Å². The minimum absolute atomic E-state index is 0.0636. The van der Waals surface area contributed by atoms with Crippen molar-refractivity contribution in [1.82, 2.24) is 0 Å². The van der Waals surface area contributed by atoms with Crippen LogP contribution in [-0.2, 0) is 25.7 Å². The summed E-state index contributed by atoms with van der Waals surface area (Å²) in [5.41, 5.74) is 0.888. The maximum Gasteiger partial charge on any atom is 0.306 e. The minimum Gasteiger partial charge on any atom is -0.461 e. The van der Waals surface area contributed by atoms with Gasteiger partial charge in [0.1, 0.15) is 13.2 Å². The van der Waals surface area contributed by atoms with E-state index in [1.807, 2.05) is 97.2 Å². The Balaban J connectivity index is 2.09. The van der Waals surface area contributed by atoms with Gasteiger partial charge in [-0.1, -0.05) is 88.4 Å². The van der Waals surface area contributed by atoms with Crippen molar-refractivity contribution in [3.05, 3.63) is 72.4 Å². The molecule has 4 nitrogen and oxygen atoms in total. The Kier molecular flexibility index (Phi) is 17.2. The summed E-state index contributed by atoms with van der Waals surface area (Å²) in [7, 11) is 0. The number of ether oxygens (including phenoxy) is 2. The van der Waals surface area contributed by atoms with Gasteiger partial charge in [-0.15, -0.1) is 0 Å². The number of allylic oxidation sites excluding steroid dienone is 5. The highest BCUT2D eigenvalue weighted by Crippen LogP contribution is 2.29. The van der Waals surface area contributed by atoms with E-state index < -0.39 is 0 Å². The van der Waals surface area contributed by atoms with Crippen molar-refractivity contribution in [2.24, 2.45) is 10.8 Å². The number of hydrogen-bond donors (Lipinski definition) is 0. The van der Waals surface area contributed by atoms with E-state index in [9.17, 15) is 9.59 Å². The number of carbonyl (C=O) groups excluding carboxylic acids is 2. The Morgan fingerprint density at radius 1 is 0.757 bits per heavy atom. The quantitative estimate of drug-likeness (QED) is 0.0994. The molecule has 0 aromatic heterocycles. The average Bonchev–Trinajstić information content (AvgIpc) is 2.84. The van der Waals surface area contributed by atoms with Gasteiger partial charge in [0, 0.05) is 11.5 Å². The highest BCUT2D eigenvalue weighted by Gasteiger charge is 2.23. The van der Waals surface area contributed by atoms with Crippen molar-refractivity contribution in [2.75, 3.05) is 29.6 Å². The number of carbonyl (C=O) groups is 2. The maximum atomic E-state index is 12.2. The van der Waals surface area contributed by atoms with E-state index in [1.54, 1.807) is 0 Å². The minimum atomic E-state index is -0.140. The lowest BCUT2D eigenvalue weighted by molar-refractivity contribution is -0.147. The first-order valence-corrected chi connectivity index (χ1v) is 15.4. The number of hydrogen-bond acceptors (Lipinski definition) is 6. The molecule has 37 heavy (non-hydrogen) atoms. The van der Waals surface area contributed by atoms with E-state index in [2.05, 4.69) is 27.7 Å². The van der Waals surface area contributed by atoms with Crippen molar-refractivity contribution in [1.29, 1.82) is 0 Å². The van der Waals surface area contributed by atoms with Crippen LogP contribution in [0.25, 0.3) is 0 Å². The number of benzene rings is 1. The molecule has 0 atom stereocenters. The first-order valence-electron chi connectivity index (χ1n) is 13.1. The molecule has 0 saturated heterocycles. The molecule has 1 aromatic rings. The molecule has 0 N–H and O–H groups in total. The van der Waals surface area contributed by atoms with Crippen molar-refractivity contribution in [3.63, 3.8) is 0 Å². The zero-order valence-electron chi connectivity index (χ0n) is 23.4. The molecule has 1 rings (SSSR count). The topological polar surface area (TPSA) is 52.6 Å². The van der Waals surface area contributed by atoms with E-state index in [0.29, 0.717) is 26.1 Å². The standard InChI is InChI=1S/C31H46O4S2/c1-6-7-8-9-10-14-19-34-28(32)24-30(2,3)17-20-36-22-23-37-21-18-31(4,5)25-29(33)35-26-27-15-12-11-13-16-27/h6-16H,17-26H2,1-5H3/b7-6-,9-8-,14-10+. The van der Waals surface area contributed by atoms with Crippen molar-refractivity contribution < 1.29 is 19.1 Å². The molecule has 0 unspecified atom stereocenters. The molecule has 0 fully saturated rings. The van der Waals surface area contributed by atoms with Gasteiger partial charge >= 0.3 is 11.9 Å². The Labute approximate surface area is 233 Å². The van der Waals surface area contributed by atoms with Crippen LogP contribution in [0.15, 0.2) is 66.8 Å². The molecule has 0 aliphatic rings. The largest absolute Gasteiger partial charge is 0.461 e. The molecule has 6 heteroatoms. The van der Waals surface area contributed by atoms with Crippen molar-refractivity contribution in [2.45, 2.75) is 66.9 Å². The lowest BCUT2D eigenvalue weighted by atomic mass is 9.86. The molecule has 0 aliphatic carbocycles. The smallest absolute Gasteiger partial charge is 0.306 e. The second-order valence-electron chi connectivity index (χ2n) is 10.6. The van der Waals surface area contributed by atoms with Crippen molar-refractivity contribution in [3.8, 4) is 0 Å². The molecule has 0 saturated carbocycles. The number of esters is 2. The van der Waals surface area contributed by atoms with E-state index in [1.165, 1.54) is 0 Å². The lowest BCUT2D eigenvalue weighted by Crippen LogP contribution is -2.20. The second-order valence-corrected chi connectivity index (χ2v) is 13.0. The molecule has 0 heterocycles. The van der Waals surface area contributed by atoms with Gasteiger partial charge in [0.05, 0.1) is 12.8 Å². The number of thioether (sulfide) groups is 2. The van der Waals surface area contributed by atoms with Gasteiger partial charge in [0.2, 0.25) is 0 Å². The lowest BCUT2D eigenvalue weighted by Gasteiger charge is -2.23. The molecule has 0 spiro atoms. The second kappa shape index (κ2) is 19.2. The summed E-state index contributed by atoms with van der Waals surface area (Å²) < 4.78 is 10.8. The summed E-state index contributed by atoms with van der Waals surface area (Å²) in [6, 6.07) is 9.79. The fraction of sp³-hybridized carbons (Fsp3) is 0.548. The molecular weight excluding hydrogens is 500 g/mol. The Bertz CT molecular complexity index is 857. The van der Waals surface area contributed by atoms with Gasteiger partial charge in [-0.25, -0.2) is 0 Å². The van der Waals surface area contributed by atoms with E-state index in [-0.39, 0.29) is 22.8 Å². The van der Waals surface area contributed by atoms with E-state index in [0.717, 1.165) is 41.4 Å². The van der Waals surface area contributed by atoms with Crippen LogP contribution in [0.3, 0.4) is 0 Å². The molecule has 1 aromatic carbocycles. The fourth-order valence-corrected chi connectivity index (χ4v) is 6.08. The average molecular weight is 547 g/mol. The van der Waals surface area contributed by atoms with Crippen molar-refractivity contribution >= 4 is 35.5 Å². The van der Waals surface area contributed by atoms with Crippen LogP contribution in [0.1, 0.15) is 65.9 Å². The first-order chi connectivity index (χ1) is 17.6. The number of rotatable bonds is 19. The normalized spacial score (nSPS) is 12.6. The van der Waals surface area contributed by atoms with E-state index >= 15 is 0 Å². The van der Waals surface area contributed by atoms with Crippen LogP contribution >= 0.6 is 23.5 Å². The third kappa shape index (κ3) is 18.9. The van der Waals surface area contributed by atoms with Crippen LogP contribution in [0.5, 0.6) is 0 Å². The predicted octanol–water partition coefficient (Wildman–Crippen LogP) is 8.04. The van der Waals surface area contributed by atoms with Crippen LogP contribution in [0.2, 0.25) is 0 Å². The zero-order chi connectivity index (χ0) is 27.4. The van der Waals surface area contributed by atoms with Gasteiger partial charge in [-0.2, -0.15) is 23.5 Å². The Hall–Kier alpha value is -1.92.